The Morgan fingerprint density at radius 2 is 1.91 bits per heavy atom. The van der Waals surface area contributed by atoms with Gasteiger partial charge in [0.05, 0.1) is 30.0 Å². The molecule has 194 valence electrons. The third-order valence-corrected chi connectivity index (χ3v) is 8.56. The van der Waals surface area contributed by atoms with E-state index in [-0.39, 0.29) is 23.6 Å². The SMILES string of the molecule is C[C@@H](O)[C@H]1C(=O)N2C(C(=O)O)=C(c3c[n+]4cn(C)c([S+](C)[O-])c4s3)[C@H](C)[C@H]12.O=S(=O)([O-])C(F)(F)F. The molecule has 0 bridgehead atoms. The Labute approximate surface area is 204 Å². The number of β-lactam (4-membered cyclic amide) rings is 1. The van der Waals surface area contributed by atoms with Gasteiger partial charge in [0.25, 0.3) is 11.2 Å². The van der Waals surface area contributed by atoms with Crippen LogP contribution in [0, 0.1) is 11.8 Å². The molecular weight excluding hydrogens is 539 g/mol. The molecule has 2 N–H and O–H groups in total. The highest BCUT2D eigenvalue weighted by molar-refractivity contribution is 7.91. The van der Waals surface area contributed by atoms with Crippen LogP contribution in [0.2, 0.25) is 0 Å². The van der Waals surface area contributed by atoms with Crippen molar-refractivity contribution in [2.24, 2.45) is 18.9 Å². The Kier molecular flexibility index (Phi) is 7.08. The van der Waals surface area contributed by atoms with E-state index in [1.165, 1.54) is 16.2 Å². The van der Waals surface area contributed by atoms with E-state index in [4.69, 9.17) is 13.0 Å². The Morgan fingerprint density at radius 1 is 1.37 bits per heavy atom. The summed E-state index contributed by atoms with van der Waals surface area (Å²) < 4.78 is 74.6. The number of rotatable bonds is 4. The number of nitrogens with zero attached hydrogens (tertiary/aromatic N) is 3. The summed E-state index contributed by atoms with van der Waals surface area (Å²) in [6.07, 6.45) is 4.39. The van der Waals surface area contributed by atoms with Gasteiger partial charge in [0.1, 0.15) is 18.1 Å². The molecule has 2 aliphatic rings. The normalized spacial score (nSPS) is 24.1. The number of aliphatic hydroxyl groups is 1. The maximum atomic E-state index is 12.5. The summed E-state index contributed by atoms with van der Waals surface area (Å²) >= 11 is 0.170. The fourth-order valence-corrected chi connectivity index (χ4v) is 6.83. The van der Waals surface area contributed by atoms with Crippen molar-refractivity contribution in [3.63, 3.8) is 0 Å². The number of aromatic nitrogens is 2. The number of halogens is 3. The lowest BCUT2D eigenvalue weighted by Crippen LogP contribution is -2.63. The molecule has 4 rings (SSSR count). The predicted molar refractivity (Wildman–Crippen MR) is 114 cm³/mol. The van der Waals surface area contributed by atoms with E-state index in [1.807, 2.05) is 24.6 Å². The average molecular weight is 560 g/mol. The minimum absolute atomic E-state index is 0.0116. The molecule has 1 saturated heterocycles. The van der Waals surface area contributed by atoms with Gasteiger partial charge in [-0.25, -0.2) is 13.2 Å². The van der Waals surface area contributed by atoms with E-state index in [1.54, 1.807) is 24.1 Å². The van der Waals surface area contributed by atoms with Gasteiger partial charge in [-0.3, -0.25) is 4.79 Å². The summed E-state index contributed by atoms with van der Waals surface area (Å²) in [7, 11) is -4.28. The monoisotopic (exact) mass is 559 g/mol. The van der Waals surface area contributed by atoms with Gasteiger partial charge in [-0.2, -0.15) is 22.1 Å². The Hall–Kier alpha value is -2.18. The number of carboxylic acids is 1. The van der Waals surface area contributed by atoms with Crippen LogP contribution in [-0.2, 0) is 37.9 Å². The van der Waals surface area contributed by atoms with Crippen LogP contribution in [-0.4, -0.2) is 73.0 Å². The minimum atomic E-state index is -6.09. The van der Waals surface area contributed by atoms with Gasteiger partial charge in [-0.05, 0) is 6.92 Å². The number of carbonyl (C=O) groups excluding carboxylic acids is 1. The zero-order chi connectivity index (χ0) is 26.8. The standard InChI is InChI=1S/C17H19N3O5S2.CHF3O3S/c1-7-10(9-5-19-6-18(3)16(27(4)25)15(19)26-9)13(17(23)24)20-12(7)11(8(2)21)14(20)22;2-1(3,4)8(5,6)7/h5-8,11-12,21H,1-4H3;(H,5,6,7)/t7-,8+,11+,12+,27?;/m0./s1. The Balaban J connectivity index is 0.000000371. The fourth-order valence-electron chi connectivity index (χ4n) is 4.34. The van der Waals surface area contributed by atoms with Crippen molar-refractivity contribution >= 4 is 54.9 Å². The van der Waals surface area contributed by atoms with Gasteiger partial charge in [-0.1, -0.05) is 18.3 Å². The number of thiazole rings is 1. The third-order valence-electron chi connectivity index (χ3n) is 5.69. The molecule has 2 aromatic heterocycles. The minimum Gasteiger partial charge on any atom is -0.741 e. The molecule has 4 heterocycles. The Bertz CT molecular complexity index is 1330. The lowest BCUT2D eigenvalue weighted by Gasteiger charge is -2.46. The first-order chi connectivity index (χ1) is 15.9. The number of aliphatic carboxylic acids is 1. The number of aliphatic hydroxyl groups excluding tert-OH is 1. The molecule has 17 heteroatoms. The Morgan fingerprint density at radius 3 is 2.34 bits per heavy atom. The van der Waals surface area contributed by atoms with Crippen LogP contribution in [0.15, 0.2) is 23.2 Å². The highest BCUT2D eigenvalue weighted by atomic mass is 32.2. The number of carboxylic acid groups (broad SMARTS) is 1. The van der Waals surface area contributed by atoms with Crippen molar-refractivity contribution in [3.8, 4) is 0 Å². The van der Waals surface area contributed by atoms with Crippen LogP contribution in [0.25, 0.3) is 10.4 Å². The van der Waals surface area contributed by atoms with Crippen molar-refractivity contribution in [1.29, 1.82) is 0 Å². The van der Waals surface area contributed by atoms with E-state index < -0.39 is 44.8 Å². The molecule has 0 spiro atoms. The van der Waals surface area contributed by atoms with Gasteiger partial charge in [0.15, 0.2) is 10.1 Å². The zero-order valence-corrected chi connectivity index (χ0v) is 21.0. The van der Waals surface area contributed by atoms with Crippen LogP contribution in [0.4, 0.5) is 13.2 Å². The summed E-state index contributed by atoms with van der Waals surface area (Å²) in [6.45, 7) is 3.45. The molecule has 1 unspecified atom stereocenters. The quantitative estimate of drug-likeness (QED) is 0.177. The van der Waals surface area contributed by atoms with E-state index in [0.717, 1.165) is 9.71 Å². The molecule has 2 aromatic rings. The first-order valence-electron chi connectivity index (χ1n) is 9.74. The highest BCUT2D eigenvalue weighted by Gasteiger charge is 2.60. The van der Waals surface area contributed by atoms with Crippen molar-refractivity contribution in [3.05, 3.63) is 23.1 Å². The van der Waals surface area contributed by atoms with Crippen LogP contribution in [0.5, 0.6) is 0 Å². The summed E-state index contributed by atoms with van der Waals surface area (Å²) in [5.41, 5.74) is -5.07. The number of carbonyl (C=O) groups is 2. The van der Waals surface area contributed by atoms with Gasteiger partial charge >= 0.3 is 16.5 Å². The summed E-state index contributed by atoms with van der Waals surface area (Å²) in [5.74, 6) is -2.31. The summed E-state index contributed by atoms with van der Waals surface area (Å²) in [6, 6.07) is -0.351. The maximum Gasteiger partial charge on any atom is 0.485 e. The molecule has 0 radical (unpaired) electrons. The second kappa shape index (κ2) is 9.04. The first kappa shape index (κ1) is 27.4. The summed E-state index contributed by atoms with van der Waals surface area (Å²) in [4.78, 5) is 27.2. The summed E-state index contributed by atoms with van der Waals surface area (Å²) in [5, 5.41) is 20.4. The molecule has 35 heavy (non-hydrogen) atoms. The third kappa shape index (κ3) is 4.55. The number of aryl methyl sites for hydroxylation is 1. The number of hydrogen-bond acceptors (Lipinski definition) is 8. The number of imidazole rings is 1. The van der Waals surface area contributed by atoms with Crippen molar-refractivity contribution in [2.75, 3.05) is 6.26 Å². The lowest BCUT2D eigenvalue weighted by molar-refractivity contribution is -0.508. The number of fused-ring (bicyclic) bond motifs is 2. The van der Waals surface area contributed by atoms with Crippen molar-refractivity contribution < 1.29 is 54.9 Å². The van der Waals surface area contributed by atoms with Crippen molar-refractivity contribution in [2.45, 2.75) is 36.5 Å². The van der Waals surface area contributed by atoms with E-state index in [2.05, 4.69) is 0 Å². The van der Waals surface area contributed by atoms with Crippen LogP contribution < -0.4 is 4.40 Å². The number of amides is 1. The molecular formula is C18H20F3N3O8S3. The van der Waals surface area contributed by atoms with E-state index in [0.29, 0.717) is 10.6 Å². The van der Waals surface area contributed by atoms with E-state index in [9.17, 15) is 37.5 Å². The van der Waals surface area contributed by atoms with Crippen molar-refractivity contribution in [1.82, 2.24) is 9.47 Å². The molecule has 0 saturated carbocycles. The smallest absolute Gasteiger partial charge is 0.485 e. The molecule has 11 nitrogen and oxygen atoms in total. The van der Waals surface area contributed by atoms with Gasteiger partial charge in [-0.15, -0.1) is 0 Å². The lowest BCUT2D eigenvalue weighted by atomic mass is 9.77. The van der Waals surface area contributed by atoms with Gasteiger partial charge in [0.2, 0.25) is 5.91 Å². The molecule has 0 aromatic carbocycles. The highest BCUT2D eigenvalue weighted by Crippen LogP contribution is 2.51. The van der Waals surface area contributed by atoms with E-state index >= 15 is 0 Å². The average Bonchev–Trinajstić information content (AvgIpc) is 3.26. The second-order valence-electron chi connectivity index (χ2n) is 8.01. The van der Waals surface area contributed by atoms with Crippen LogP contribution in [0.1, 0.15) is 18.7 Å². The largest absolute Gasteiger partial charge is 0.741 e. The second-order valence-corrected chi connectivity index (χ2v) is 11.7. The first-order valence-corrected chi connectivity index (χ1v) is 13.5. The van der Waals surface area contributed by atoms with Gasteiger partial charge in [0, 0.05) is 22.7 Å². The maximum absolute atomic E-state index is 12.5. The number of alkyl halides is 3. The van der Waals surface area contributed by atoms with Gasteiger partial charge < -0.3 is 24.2 Å². The molecule has 5 atom stereocenters. The van der Waals surface area contributed by atoms with Crippen LogP contribution >= 0.6 is 11.3 Å². The number of hydrogen-bond donors (Lipinski definition) is 2. The molecule has 0 aliphatic carbocycles. The molecule has 1 amide bonds. The van der Waals surface area contributed by atoms with Crippen LogP contribution in [0.3, 0.4) is 0 Å². The molecule has 2 aliphatic heterocycles. The molecule has 1 fully saturated rings. The fraction of sp³-hybridized carbons (Fsp3) is 0.500. The topological polar surface area (TPSA) is 167 Å². The zero-order valence-electron chi connectivity index (χ0n) is 18.5. The predicted octanol–water partition coefficient (Wildman–Crippen LogP) is 0.267.